The van der Waals surface area contributed by atoms with Gasteiger partial charge in [-0.2, -0.15) is 0 Å². The van der Waals surface area contributed by atoms with Crippen molar-refractivity contribution in [2.75, 3.05) is 13.1 Å². The van der Waals surface area contributed by atoms with Gasteiger partial charge in [-0.25, -0.2) is 0 Å². The number of furan rings is 1. The number of hydrogen-bond donors (Lipinski definition) is 0. The van der Waals surface area contributed by atoms with Crippen LogP contribution < -0.4 is 0 Å². The monoisotopic (exact) mass is 244 g/mol. The molecule has 4 heteroatoms. The van der Waals surface area contributed by atoms with Crippen LogP contribution in [0.1, 0.15) is 24.4 Å². The van der Waals surface area contributed by atoms with Crippen molar-refractivity contribution in [1.82, 2.24) is 9.88 Å². The maximum atomic E-state index is 12.1. The average Bonchev–Trinajstić information content (AvgIpc) is 2.90. The van der Waals surface area contributed by atoms with Crippen LogP contribution in [0.15, 0.2) is 41.1 Å². The molecule has 0 aliphatic carbocycles. The van der Waals surface area contributed by atoms with Crippen molar-refractivity contribution in [1.29, 1.82) is 0 Å². The zero-order valence-electron chi connectivity index (χ0n) is 10.6. The molecular weight excluding hydrogens is 228 g/mol. The first-order valence-electron chi connectivity index (χ1n) is 6.05. The zero-order chi connectivity index (χ0) is 13.0. The molecule has 18 heavy (non-hydrogen) atoms. The summed E-state index contributed by atoms with van der Waals surface area (Å²) in [7, 11) is 0. The minimum Gasteiger partial charge on any atom is -0.451 e. The first kappa shape index (κ1) is 12.4. The van der Waals surface area contributed by atoms with Gasteiger partial charge in [0, 0.05) is 31.0 Å². The van der Waals surface area contributed by atoms with Crippen LogP contribution in [0.5, 0.6) is 0 Å². The van der Waals surface area contributed by atoms with Crippen LogP contribution in [0.3, 0.4) is 0 Å². The van der Waals surface area contributed by atoms with E-state index in [0.29, 0.717) is 24.6 Å². The first-order valence-corrected chi connectivity index (χ1v) is 6.05. The van der Waals surface area contributed by atoms with Gasteiger partial charge in [-0.3, -0.25) is 9.78 Å². The molecule has 0 radical (unpaired) electrons. The summed E-state index contributed by atoms with van der Waals surface area (Å²) in [6, 6.07) is 7.23. The second-order valence-electron chi connectivity index (χ2n) is 3.88. The van der Waals surface area contributed by atoms with Gasteiger partial charge in [0.05, 0.1) is 0 Å². The van der Waals surface area contributed by atoms with Crippen molar-refractivity contribution >= 4 is 5.91 Å². The van der Waals surface area contributed by atoms with Crippen molar-refractivity contribution in [3.05, 3.63) is 42.4 Å². The molecule has 0 atom stereocenters. The topological polar surface area (TPSA) is 46.3 Å². The molecule has 94 valence electrons. The van der Waals surface area contributed by atoms with E-state index in [1.165, 1.54) is 0 Å². The van der Waals surface area contributed by atoms with Gasteiger partial charge >= 0.3 is 0 Å². The summed E-state index contributed by atoms with van der Waals surface area (Å²) in [5.41, 5.74) is 0.920. The Morgan fingerprint density at radius 2 is 1.83 bits per heavy atom. The van der Waals surface area contributed by atoms with E-state index in [2.05, 4.69) is 4.98 Å². The fourth-order valence-corrected chi connectivity index (χ4v) is 1.79. The van der Waals surface area contributed by atoms with Gasteiger partial charge in [-0.1, -0.05) is 0 Å². The van der Waals surface area contributed by atoms with Crippen LogP contribution in [-0.2, 0) is 0 Å². The number of carbonyl (C=O) groups excluding carboxylic acids is 1. The van der Waals surface area contributed by atoms with Crippen molar-refractivity contribution in [3.63, 3.8) is 0 Å². The van der Waals surface area contributed by atoms with E-state index < -0.39 is 0 Å². The maximum absolute atomic E-state index is 12.1. The number of aromatic nitrogens is 1. The second kappa shape index (κ2) is 5.49. The maximum Gasteiger partial charge on any atom is 0.289 e. The number of carbonyl (C=O) groups is 1. The van der Waals surface area contributed by atoms with Gasteiger partial charge in [0.2, 0.25) is 0 Å². The van der Waals surface area contributed by atoms with E-state index in [9.17, 15) is 4.79 Å². The molecule has 0 saturated heterocycles. The summed E-state index contributed by atoms with van der Waals surface area (Å²) in [6.07, 6.45) is 3.40. The minimum absolute atomic E-state index is 0.0692. The number of rotatable bonds is 4. The molecule has 0 unspecified atom stereocenters. The Balaban J connectivity index is 2.23. The SMILES string of the molecule is CCN(CC)C(=O)c1ccc(-c2ccncc2)o1. The van der Waals surface area contributed by atoms with Crippen molar-refractivity contribution < 1.29 is 9.21 Å². The van der Waals surface area contributed by atoms with Gasteiger partial charge in [-0.15, -0.1) is 0 Å². The summed E-state index contributed by atoms with van der Waals surface area (Å²) in [6.45, 7) is 5.27. The highest BCUT2D eigenvalue weighted by atomic mass is 16.4. The molecule has 4 nitrogen and oxygen atoms in total. The molecule has 0 aliphatic rings. The van der Waals surface area contributed by atoms with E-state index in [-0.39, 0.29) is 5.91 Å². The van der Waals surface area contributed by atoms with Crippen LogP contribution >= 0.6 is 0 Å². The van der Waals surface area contributed by atoms with Crippen LogP contribution in [0.2, 0.25) is 0 Å². The fraction of sp³-hybridized carbons (Fsp3) is 0.286. The van der Waals surface area contributed by atoms with Gasteiger partial charge in [-0.05, 0) is 38.1 Å². The first-order chi connectivity index (χ1) is 8.76. The third kappa shape index (κ3) is 2.42. The Kier molecular flexibility index (Phi) is 3.77. The second-order valence-corrected chi connectivity index (χ2v) is 3.88. The van der Waals surface area contributed by atoms with Crippen LogP contribution in [0.4, 0.5) is 0 Å². The van der Waals surface area contributed by atoms with E-state index in [1.54, 1.807) is 23.4 Å². The van der Waals surface area contributed by atoms with Crippen LogP contribution in [-0.4, -0.2) is 28.9 Å². The highest BCUT2D eigenvalue weighted by Crippen LogP contribution is 2.21. The summed E-state index contributed by atoms with van der Waals surface area (Å²) in [5, 5.41) is 0. The molecule has 1 amide bonds. The molecule has 0 spiro atoms. The molecule has 0 N–H and O–H groups in total. The largest absolute Gasteiger partial charge is 0.451 e. The van der Waals surface area contributed by atoms with Crippen molar-refractivity contribution in [3.8, 4) is 11.3 Å². The summed E-state index contributed by atoms with van der Waals surface area (Å²) in [5.74, 6) is 0.999. The van der Waals surface area contributed by atoms with E-state index in [4.69, 9.17) is 4.42 Å². The zero-order valence-corrected chi connectivity index (χ0v) is 10.6. The van der Waals surface area contributed by atoms with Gasteiger partial charge in [0.25, 0.3) is 5.91 Å². The molecule has 0 aliphatic heterocycles. The lowest BCUT2D eigenvalue weighted by molar-refractivity contribution is 0.0742. The summed E-state index contributed by atoms with van der Waals surface area (Å²) in [4.78, 5) is 17.8. The van der Waals surface area contributed by atoms with E-state index in [0.717, 1.165) is 5.56 Å². The number of amides is 1. The van der Waals surface area contributed by atoms with Gasteiger partial charge in [0.15, 0.2) is 5.76 Å². The number of nitrogens with zero attached hydrogens (tertiary/aromatic N) is 2. The Morgan fingerprint density at radius 1 is 1.17 bits per heavy atom. The Bertz CT molecular complexity index is 516. The van der Waals surface area contributed by atoms with Crippen LogP contribution in [0.25, 0.3) is 11.3 Å². The summed E-state index contributed by atoms with van der Waals surface area (Å²) < 4.78 is 5.60. The summed E-state index contributed by atoms with van der Waals surface area (Å²) >= 11 is 0. The molecule has 0 bridgehead atoms. The van der Waals surface area contributed by atoms with Gasteiger partial charge < -0.3 is 9.32 Å². The highest BCUT2D eigenvalue weighted by molar-refractivity contribution is 5.92. The van der Waals surface area contributed by atoms with E-state index in [1.807, 2.05) is 32.0 Å². The molecule has 2 aromatic heterocycles. The quantitative estimate of drug-likeness (QED) is 0.830. The smallest absolute Gasteiger partial charge is 0.289 e. The average molecular weight is 244 g/mol. The minimum atomic E-state index is -0.0692. The lowest BCUT2D eigenvalue weighted by atomic mass is 10.2. The highest BCUT2D eigenvalue weighted by Gasteiger charge is 2.16. The fourth-order valence-electron chi connectivity index (χ4n) is 1.79. The predicted octanol–water partition coefficient (Wildman–Crippen LogP) is 2.82. The molecule has 0 aromatic carbocycles. The van der Waals surface area contributed by atoms with E-state index >= 15 is 0 Å². The molecule has 2 aromatic rings. The molecule has 2 heterocycles. The standard InChI is InChI=1S/C14H16N2O2/c1-3-16(4-2)14(17)13-6-5-12(18-13)11-7-9-15-10-8-11/h5-10H,3-4H2,1-2H3. The van der Waals surface area contributed by atoms with Gasteiger partial charge in [0.1, 0.15) is 5.76 Å². The Hall–Kier alpha value is -2.10. The van der Waals surface area contributed by atoms with Crippen molar-refractivity contribution in [2.45, 2.75) is 13.8 Å². The molecule has 0 saturated carbocycles. The third-order valence-corrected chi connectivity index (χ3v) is 2.83. The molecular formula is C14H16N2O2. The normalized spacial score (nSPS) is 10.3. The third-order valence-electron chi connectivity index (χ3n) is 2.83. The van der Waals surface area contributed by atoms with Crippen LogP contribution in [0, 0.1) is 0 Å². The Labute approximate surface area is 106 Å². The lowest BCUT2D eigenvalue weighted by Crippen LogP contribution is -2.30. The molecule has 0 fully saturated rings. The number of pyridine rings is 1. The lowest BCUT2D eigenvalue weighted by Gasteiger charge is -2.16. The predicted molar refractivity (Wildman–Crippen MR) is 69.2 cm³/mol. The Morgan fingerprint density at radius 3 is 2.44 bits per heavy atom. The number of hydrogen-bond acceptors (Lipinski definition) is 3. The molecule has 2 rings (SSSR count). The van der Waals surface area contributed by atoms with Crippen molar-refractivity contribution in [2.24, 2.45) is 0 Å².